The Morgan fingerprint density at radius 1 is 1.27 bits per heavy atom. The van der Waals surface area contributed by atoms with E-state index in [9.17, 15) is 4.79 Å². The molecule has 0 fully saturated rings. The summed E-state index contributed by atoms with van der Waals surface area (Å²) in [6.45, 7) is 0. The van der Waals surface area contributed by atoms with Crippen LogP contribution in [-0.2, 0) is 26.9 Å². The van der Waals surface area contributed by atoms with Gasteiger partial charge >= 0.3 is 0 Å². The van der Waals surface area contributed by atoms with Gasteiger partial charge in [-0.05, 0) is 31.2 Å². The maximum atomic E-state index is 12.7. The number of anilines is 2. The van der Waals surface area contributed by atoms with E-state index in [0.29, 0.717) is 5.95 Å². The highest BCUT2D eigenvalue weighted by Gasteiger charge is 2.21. The van der Waals surface area contributed by atoms with Crippen LogP contribution in [0.5, 0.6) is 0 Å². The van der Waals surface area contributed by atoms with E-state index in [4.69, 9.17) is 0 Å². The number of fused-ring (bicyclic) bond motifs is 3. The SMILES string of the molecule is Cn1cc(Nc2nc3sc4c(c3c(=O)n2C)CCCC4)cn1. The summed E-state index contributed by atoms with van der Waals surface area (Å²) in [6, 6.07) is 0. The first-order valence-electron chi connectivity index (χ1n) is 7.40. The Bertz CT molecular complexity index is 920. The number of rotatable bonds is 2. The number of aromatic nitrogens is 4. The fourth-order valence-electron chi connectivity index (χ4n) is 3.01. The molecule has 4 rings (SSSR count). The Morgan fingerprint density at radius 2 is 2.09 bits per heavy atom. The fraction of sp³-hybridized carbons (Fsp3) is 0.400. The van der Waals surface area contributed by atoms with E-state index >= 15 is 0 Å². The van der Waals surface area contributed by atoms with Crippen LogP contribution in [0, 0.1) is 0 Å². The van der Waals surface area contributed by atoms with Crippen LogP contribution in [0.4, 0.5) is 11.6 Å². The van der Waals surface area contributed by atoms with E-state index < -0.39 is 0 Å². The van der Waals surface area contributed by atoms with Crippen LogP contribution in [0.1, 0.15) is 23.3 Å². The molecule has 0 amide bonds. The van der Waals surface area contributed by atoms with Crippen LogP contribution >= 0.6 is 11.3 Å². The topological polar surface area (TPSA) is 64.7 Å². The Balaban J connectivity index is 1.87. The van der Waals surface area contributed by atoms with Gasteiger partial charge < -0.3 is 5.32 Å². The van der Waals surface area contributed by atoms with Crippen molar-refractivity contribution in [3.8, 4) is 0 Å². The average molecular weight is 315 g/mol. The smallest absolute Gasteiger partial charge is 0.263 e. The van der Waals surface area contributed by atoms with Crippen molar-refractivity contribution in [3.05, 3.63) is 33.2 Å². The normalized spacial score (nSPS) is 14.3. The van der Waals surface area contributed by atoms with Gasteiger partial charge in [0, 0.05) is 25.2 Å². The maximum Gasteiger partial charge on any atom is 0.263 e. The molecule has 0 saturated carbocycles. The van der Waals surface area contributed by atoms with Crippen molar-refractivity contribution in [2.24, 2.45) is 14.1 Å². The second kappa shape index (κ2) is 4.95. The van der Waals surface area contributed by atoms with Crippen molar-refractivity contribution in [2.45, 2.75) is 25.7 Å². The molecule has 3 heterocycles. The van der Waals surface area contributed by atoms with E-state index in [0.717, 1.165) is 35.2 Å². The van der Waals surface area contributed by atoms with E-state index in [1.807, 2.05) is 13.2 Å². The van der Waals surface area contributed by atoms with Gasteiger partial charge in [-0.25, -0.2) is 4.98 Å². The number of nitrogens with zero attached hydrogens (tertiary/aromatic N) is 4. The molecule has 3 aromatic heterocycles. The summed E-state index contributed by atoms with van der Waals surface area (Å²) < 4.78 is 3.31. The van der Waals surface area contributed by atoms with Gasteiger partial charge in [0.05, 0.1) is 17.3 Å². The van der Waals surface area contributed by atoms with Gasteiger partial charge in [0.2, 0.25) is 5.95 Å². The molecule has 0 saturated heterocycles. The van der Waals surface area contributed by atoms with Gasteiger partial charge in [-0.3, -0.25) is 14.0 Å². The molecule has 1 aliphatic rings. The summed E-state index contributed by atoms with van der Waals surface area (Å²) in [7, 11) is 3.62. The lowest BCUT2D eigenvalue weighted by atomic mass is 9.97. The monoisotopic (exact) mass is 315 g/mol. The number of nitrogens with one attached hydrogen (secondary N) is 1. The minimum Gasteiger partial charge on any atom is -0.323 e. The van der Waals surface area contributed by atoms with Crippen LogP contribution in [-0.4, -0.2) is 19.3 Å². The summed E-state index contributed by atoms with van der Waals surface area (Å²) in [5.41, 5.74) is 2.09. The first kappa shape index (κ1) is 13.5. The van der Waals surface area contributed by atoms with Crippen LogP contribution < -0.4 is 10.9 Å². The van der Waals surface area contributed by atoms with Gasteiger partial charge in [0.1, 0.15) is 4.83 Å². The molecule has 0 radical (unpaired) electrons. The molecule has 0 aromatic carbocycles. The lowest BCUT2D eigenvalue weighted by molar-refractivity contribution is 0.699. The standard InChI is InChI=1S/C15H17N5OS/c1-19-8-9(7-16-19)17-15-18-13-12(14(21)20(15)2)10-5-3-4-6-11(10)22-13/h7-8H,3-6H2,1-2H3,(H,17,18). The predicted molar refractivity (Wildman–Crippen MR) is 88.0 cm³/mol. The van der Waals surface area contributed by atoms with Gasteiger partial charge in [-0.2, -0.15) is 5.10 Å². The van der Waals surface area contributed by atoms with Crippen molar-refractivity contribution in [2.75, 3.05) is 5.32 Å². The van der Waals surface area contributed by atoms with E-state index in [-0.39, 0.29) is 5.56 Å². The van der Waals surface area contributed by atoms with Crippen LogP contribution in [0.2, 0.25) is 0 Å². The predicted octanol–water partition coefficient (Wildman–Crippen LogP) is 2.35. The quantitative estimate of drug-likeness (QED) is 0.788. The highest BCUT2D eigenvalue weighted by atomic mass is 32.1. The molecule has 22 heavy (non-hydrogen) atoms. The molecule has 114 valence electrons. The first-order chi connectivity index (χ1) is 10.6. The molecular weight excluding hydrogens is 298 g/mol. The highest BCUT2D eigenvalue weighted by molar-refractivity contribution is 7.18. The van der Waals surface area contributed by atoms with E-state index in [1.165, 1.54) is 16.9 Å². The third-order valence-electron chi connectivity index (χ3n) is 4.16. The van der Waals surface area contributed by atoms with Gasteiger partial charge in [-0.15, -0.1) is 11.3 Å². The second-order valence-corrected chi connectivity index (χ2v) is 6.80. The van der Waals surface area contributed by atoms with E-state index in [2.05, 4.69) is 15.4 Å². The van der Waals surface area contributed by atoms with Crippen molar-refractivity contribution >= 4 is 33.2 Å². The van der Waals surface area contributed by atoms with Crippen LogP contribution in [0.3, 0.4) is 0 Å². The summed E-state index contributed by atoms with van der Waals surface area (Å²) >= 11 is 1.67. The summed E-state index contributed by atoms with van der Waals surface area (Å²) in [5.74, 6) is 0.559. The highest BCUT2D eigenvalue weighted by Crippen LogP contribution is 2.34. The lowest BCUT2D eigenvalue weighted by Crippen LogP contribution is -2.21. The molecule has 1 aliphatic carbocycles. The summed E-state index contributed by atoms with van der Waals surface area (Å²) in [6.07, 6.45) is 8.02. The third kappa shape index (κ3) is 2.04. The van der Waals surface area contributed by atoms with Crippen molar-refractivity contribution in [3.63, 3.8) is 0 Å². The molecule has 3 aromatic rings. The zero-order valence-electron chi connectivity index (χ0n) is 12.6. The summed E-state index contributed by atoms with van der Waals surface area (Å²) in [5, 5.41) is 8.12. The zero-order chi connectivity index (χ0) is 15.3. The number of hydrogen-bond acceptors (Lipinski definition) is 5. The van der Waals surface area contributed by atoms with Gasteiger partial charge in [0.15, 0.2) is 0 Å². The zero-order valence-corrected chi connectivity index (χ0v) is 13.4. The molecule has 6 nitrogen and oxygen atoms in total. The molecule has 0 bridgehead atoms. The second-order valence-electron chi connectivity index (χ2n) is 5.72. The minimum absolute atomic E-state index is 0.0378. The van der Waals surface area contributed by atoms with E-state index in [1.54, 1.807) is 33.8 Å². The van der Waals surface area contributed by atoms with Crippen LogP contribution in [0.15, 0.2) is 17.2 Å². The Morgan fingerprint density at radius 3 is 2.86 bits per heavy atom. The number of hydrogen-bond donors (Lipinski definition) is 1. The first-order valence-corrected chi connectivity index (χ1v) is 8.22. The minimum atomic E-state index is 0.0378. The molecule has 0 atom stereocenters. The molecule has 0 aliphatic heterocycles. The largest absolute Gasteiger partial charge is 0.323 e. The molecule has 7 heteroatoms. The Labute approximate surface area is 131 Å². The fourth-order valence-corrected chi connectivity index (χ4v) is 4.26. The molecule has 1 N–H and O–H groups in total. The maximum absolute atomic E-state index is 12.7. The number of thiophene rings is 1. The third-order valence-corrected chi connectivity index (χ3v) is 5.34. The number of aryl methyl sites for hydroxylation is 3. The van der Waals surface area contributed by atoms with Crippen molar-refractivity contribution in [1.29, 1.82) is 0 Å². The molecular formula is C15H17N5OS. The molecule has 0 unspecified atom stereocenters. The van der Waals surface area contributed by atoms with Gasteiger partial charge in [0.25, 0.3) is 5.56 Å². The van der Waals surface area contributed by atoms with Crippen LogP contribution in [0.25, 0.3) is 10.2 Å². The average Bonchev–Trinajstić information content (AvgIpc) is 3.07. The Hall–Kier alpha value is -2.15. The van der Waals surface area contributed by atoms with Gasteiger partial charge in [-0.1, -0.05) is 0 Å². The Kier molecular flexibility index (Phi) is 3.04. The lowest BCUT2D eigenvalue weighted by Gasteiger charge is -2.11. The van der Waals surface area contributed by atoms with Crippen molar-refractivity contribution < 1.29 is 0 Å². The van der Waals surface area contributed by atoms with Crippen molar-refractivity contribution in [1.82, 2.24) is 19.3 Å². The summed E-state index contributed by atoms with van der Waals surface area (Å²) in [4.78, 5) is 19.6. The molecule has 0 spiro atoms.